The number of benzene rings is 2. The van der Waals surface area contributed by atoms with Gasteiger partial charge in [0.1, 0.15) is 0 Å². The zero-order chi connectivity index (χ0) is 18.0. The molecule has 0 saturated carbocycles. The van der Waals surface area contributed by atoms with Gasteiger partial charge in [0.15, 0.2) is 5.58 Å². The molecule has 0 aliphatic rings. The molecule has 2 aromatic carbocycles. The lowest BCUT2D eigenvalue weighted by Crippen LogP contribution is -1.92. The second kappa shape index (κ2) is 9.36. The summed E-state index contributed by atoms with van der Waals surface area (Å²) < 4.78 is 7.11. The van der Waals surface area contributed by atoms with Crippen molar-refractivity contribution in [2.24, 2.45) is 7.05 Å². The maximum atomic E-state index is 5.16. The number of fused-ring (bicyclic) bond motifs is 2. The first-order valence-electron chi connectivity index (χ1n) is 8.75. The molecule has 27 heavy (non-hydrogen) atoms. The zero-order valence-electron chi connectivity index (χ0n) is 15.5. The average molecular weight is 368 g/mol. The van der Waals surface area contributed by atoms with Crippen LogP contribution >= 0.6 is 0 Å². The molecule has 4 rings (SSSR count). The van der Waals surface area contributed by atoms with Crippen LogP contribution in [0.3, 0.4) is 0 Å². The topological polar surface area (TPSA) is 43.9 Å². The number of rotatable bonds is 2. The minimum atomic E-state index is 0. The highest BCUT2D eigenvalue weighted by Crippen LogP contribution is 2.24. The third-order valence-corrected chi connectivity index (χ3v) is 4.29. The number of hydrogen-bond acceptors (Lipinski definition) is 3. The van der Waals surface area contributed by atoms with Crippen molar-refractivity contribution in [3.05, 3.63) is 59.9 Å². The fourth-order valence-corrected chi connectivity index (χ4v) is 2.99. The van der Waals surface area contributed by atoms with E-state index in [0.29, 0.717) is 11.8 Å². The normalized spacial score (nSPS) is 10.5. The molecule has 0 radical (unpaired) electrons. The summed E-state index contributed by atoms with van der Waals surface area (Å²) in [5, 5.41) is 10.9. The Bertz CT molecular complexity index is 980. The van der Waals surface area contributed by atoms with E-state index in [1.807, 2.05) is 42.1 Å². The molecular weight excluding hydrogens is 334 g/mol. The molecule has 4 nitrogen and oxygen atoms in total. The van der Waals surface area contributed by atoms with E-state index in [2.05, 4.69) is 56.1 Å². The average Bonchev–Trinajstić information content (AvgIpc) is 3.18. The SMILES string of the molecule is C.C.CC(C)c1nn(C)c2ccccc12.CC(C)c1noc2ccccc12. The fraction of sp³-hybridized carbons (Fsp3) is 0.391. The summed E-state index contributed by atoms with van der Waals surface area (Å²) in [4.78, 5) is 0. The lowest BCUT2D eigenvalue weighted by Gasteiger charge is -1.98. The van der Waals surface area contributed by atoms with Crippen molar-refractivity contribution in [3.63, 3.8) is 0 Å². The number of para-hydroxylation sites is 2. The van der Waals surface area contributed by atoms with E-state index in [9.17, 15) is 0 Å². The van der Waals surface area contributed by atoms with Crippen molar-refractivity contribution in [2.75, 3.05) is 0 Å². The van der Waals surface area contributed by atoms with Crippen LogP contribution < -0.4 is 0 Å². The van der Waals surface area contributed by atoms with Crippen molar-refractivity contribution < 1.29 is 4.52 Å². The summed E-state index contributed by atoms with van der Waals surface area (Å²) in [5.41, 5.74) is 4.33. The molecule has 2 aromatic heterocycles. The summed E-state index contributed by atoms with van der Waals surface area (Å²) in [7, 11) is 1.99. The molecule has 2 heterocycles. The van der Waals surface area contributed by atoms with Gasteiger partial charge in [0, 0.05) is 17.8 Å². The van der Waals surface area contributed by atoms with Gasteiger partial charge in [0.05, 0.1) is 16.9 Å². The Morgan fingerprint density at radius 1 is 0.778 bits per heavy atom. The van der Waals surface area contributed by atoms with Gasteiger partial charge < -0.3 is 4.52 Å². The Morgan fingerprint density at radius 2 is 1.33 bits per heavy atom. The molecule has 0 atom stereocenters. The highest BCUT2D eigenvalue weighted by atomic mass is 16.5. The number of aromatic nitrogens is 3. The third-order valence-electron chi connectivity index (χ3n) is 4.29. The van der Waals surface area contributed by atoms with Crippen LogP contribution in [0, 0.1) is 0 Å². The van der Waals surface area contributed by atoms with E-state index in [-0.39, 0.29) is 14.9 Å². The van der Waals surface area contributed by atoms with E-state index in [0.717, 1.165) is 16.7 Å². The minimum Gasteiger partial charge on any atom is -0.356 e. The maximum absolute atomic E-state index is 5.16. The standard InChI is InChI=1S/C11H14N2.C10H11NO.2CH4/c1-8(2)11-9-6-4-5-7-10(9)13(3)12-11;1-7(2)10-8-5-3-4-6-9(8)12-11-10;;/h4-8H,1-3H3;3-7H,1-2H3;2*1H4. The fourth-order valence-electron chi connectivity index (χ4n) is 2.99. The Balaban J connectivity index is 0.000000252. The quantitative estimate of drug-likeness (QED) is 0.386. The number of nitrogens with zero attached hydrogens (tertiary/aromatic N) is 3. The summed E-state index contributed by atoms with van der Waals surface area (Å²) in [6.07, 6.45) is 0. The van der Waals surface area contributed by atoms with Crippen LogP contribution in [0.2, 0.25) is 0 Å². The predicted molar refractivity (Wildman–Crippen MR) is 116 cm³/mol. The van der Waals surface area contributed by atoms with Gasteiger partial charge in [-0.15, -0.1) is 0 Å². The summed E-state index contributed by atoms with van der Waals surface area (Å²) >= 11 is 0. The first kappa shape index (κ1) is 22.4. The van der Waals surface area contributed by atoms with Gasteiger partial charge in [-0.25, -0.2) is 0 Å². The molecule has 0 aliphatic carbocycles. The van der Waals surface area contributed by atoms with Crippen molar-refractivity contribution in [3.8, 4) is 0 Å². The first-order valence-corrected chi connectivity index (χ1v) is 8.75. The number of aryl methyl sites for hydroxylation is 1. The van der Waals surface area contributed by atoms with Gasteiger partial charge in [-0.2, -0.15) is 5.10 Å². The van der Waals surface area contributed by atoms with Crippen molar-refractivity contribution in [1.29, 1.82) is 0 Å². The molecule has 0 unspecified atom stereocenters. The smallest absolute Gasteiger partial charge is 0.167 e. The molecule has 0 aliphatic heterocycles. The lowest BCUT2D eigenvalue weighted by molar-refractivity contribution is 0.441. The predicted octanol–water partition coefficient (Wildman–Crippen LogP) is 6.92. The zero-order valence-corrected chi connectivity index (χ0v) is 15.5. The molecule has 0 N–H and O–H groups in total. The summed E-state index contributed by atoms with van der Waals surface area (Å²) in [6.45, 7) is 8.58. The maximum Gasteiger partial charge on any atom is 0.167 e. The lowest BCUT2D eigenvalue weighted by atomic mass is 10.1. The van der Waals surface area contributed by atoms with E-state index in [4.69, 9.17) is 4.52 Å². The van der Waals surface area contributed by atoms with Gasteiger partial charge >= 0.3 is 0 Å². The van der Waals surface area contributed by atoms with Gasteiger partial charge in [0.2, 0.25) is 0 Å². The van der Waals surface area contributed by atoms with Crippen LogP contribution in [-0.2, 0) is 7.05 Å². The van der Waals surface area contributed by atoms with Gasteiger partial charge in [-0.3, -0.25) is 4.68 Å². The largest absolute Gasteiger partial charge is 0.356 e. The van der Waals surface area contributed by atoms with Crippen LogP contribution in [0.5, 0.6) is 0 Å². The van der Waals surface area contributed by atoms with E-state index in [1.165, 1.54) is 16.6 Å². The van der Waals surface area contributed by atoms with E-state index in [1.54, 1.807) is 0 Å². The van der Waals surface area contributed by atoms with Crippen LogP contribution in [0.15, 0.2) is 53.1 Å². The molecule has 4 aromatic rings. The monoisotopic (exact) mass is 367 g/mol. The highest BCUT2D eigenvalue weighted by molar-refractivity contribution is 5.82. The van der Waals surface area contributed by atoms with Gasteiger partial charge in [-0.1, -0.05) is 78.0 Å². The molecule has 0 fully saturated rings. The Morgan fingerprint density at radius 3 is 1.96 bits per heavy atom. The third kappa shape index (κ3) is 4.57. The molecular formula is C23H33N3O. The van der Waals surface area contributed by atoms with Gasteiger partial charge in [0.25, 0.3) is 0 Å². The summed E-state index contributed by atoms with van der Waals surface area (Å²) in [6, 6.07) is 16.3. The first-order chi connectivity index (χ1) is 12.0. The molecule has 0 spiro atoms. The highest BCUT2D eigenvalue weighted by Gasteiger charge is 2.10. The van der Waals surface area contributed by atoms with Gasteiger partial charge in [-0.05, 0) is 30.0 Å². The van der Waals surface area contributed by atoms with Crippen molar-refractivity contribution in [1.82, 2.24) is 14.9 Å². The molecule has 0 bridgehead atoms. The van der Waals surface area contributed by atoms with Crippen molar-refractivity contribution >= 4 is 21.9 Å². The van der Waals surface area contributed by atoms with E-state index < -0.39 is 0 Å². The summed E-state index contributed by atoms with van der Waals surface area (Å²) in [5.74, 6) is 0.916. The van der Waals surface area contributed by atoms with Crippen LogP contribution in [-0.4, -0.2) is 14.9 Å². The van der Waals surface area contributed by atoms with E-state index >= 15 is 0 Å². The Labute approximate surface area is 163 Å². The molecule has 0 amide bonds. The minimum absolute atomic E-state index is 0. The Kier molecular flexibility index (Phi) is 7.77. The second-order valence-corrected chi connectivity index (χ2v) is 6.90. The van der Waals surface area contributed by atoms with Crippen LogP contribution in [0.1, 0.15) is 65.8 Å². The van der Waals surface area contributed by atoms with Crippen LogP contribution in [0.25, 0.3) is 21.9 Å². The van der Waals surface area contributed by atoms with Crippen molar-refractivity contribution in [2.45, 2.75) is 54.4 Å². The molecule has 146 valence electrons. The Hall–Kier alpha value is -2.62. The molecule has 4 heteroatoms. The molecule has 0 saturated heterocycles. The second-order valence-electron chi connectivity index (χ2n) is 6.90. The number of hydrogen-bond donors (Lipinski definition) is 0. The van der Waals surface area contributed by atoms with Crippen LogP contribution in [0.4, 0.5) is 0 Å².